The largest absolute Gasteiger partial charge is 0.475 e. The molecule has 6 heteroatoms. The molecule has 0 bridgehead atoms. The number of carbonyl (C=O) groups excluding carboxylic acids is 1. The number of methoxy groups -OCH3 is 1. The Morgan fingerprint density at radius 1 is 1.40 bits per heavy atom. The van der Waals surface area contributed by atoms with E-state index in [1.165, 1.54) is 12.8 Å². The fourth-order valence-corrected chi connectivity index (χ4v) is 1.69. The van der Waals surface area contributed by atoms with Crippen LogP contribution >= 0.6 is 0 Å². The van der Waals surface area contributed by atoms with Crippen molar-refractivity contribution in [1.29, 1.82) is 0 Å². The molecule has 1 saturated carbocycles. The van der Waals surface area contributed by atoms with Gasteiger partial charge >= 0.3 is 0 Å². The highest BCUT2D eigenvalue weighted by Gasteiger charge is 2.20. The van der Waals surface area contributed by atoms with Gasteiger partial charge in [0.15, 0.2) is 0 Å². The molecule has 1 fully saturated rings. The minimum absolute atomic E-state index is 0.0551. The number of amides is 1. The zero-order valence-corrected chi connectivity index (χ0v) is 11.7. The van der Waals surface area contributed by atoms with Gasteiger partial charge in [-0.2, -0.15) is 0 Å². The summed E-state index contributed by atoms with van der Waals surface area (Å²) in [5.74, 6) is 1.24. The molecule has 0 aliphatic heterocycles. The van der Waals surface area contributed by atoms with Crippen LogP contribution in [0.15, 0.2) is 18.3 Å². The zero-order chi connectivity index (χ0) is 14.2. The molecule has 1 amide bonds. The maximum Gasteiger partial charge on any atom is 0.238 e. The lowest BCUT2D eigenvalue weighted by Gasteiger charge is -2.07. The van der Waals surface area contributed by atoms with Gasteiger partial charge in [0.25, 0.3) is 0 Å². The van der Waals surface area contributed by atoms with Crippen molar-refractivity contribution in [3.05, 3.63) is 18.3 Å². The van der Waals surface area contributed by atoms with Gasteiger partial charge < -0.3 is 20.1 Å². The molecule has 1 heterocycles. The van der Waals surface area contributed by atoms with Gasteiger partial charge in [-0.1, -0.05) is 0 Å². The Morgan fingerprint density at radius 2 is 2.25 bits per heavy atom. The van der Waals surface area contributed by atoms with Crippen LogP contribution < -0.4 is 15.4 Å². The zero-order valence-electron chi connectivity index (χ0n) is 11.7. The van der Waals surface area contributed by atoms with Gasteiger partial charge in [-0.05, 0) is 31.4 Å². The second-order valence-electron chi connectivity index (χ2n) is 4.85. The van der Waals surface area contributed by atoms with Crippen molar-refractivity contribution >= 4 is 11.6 Å². The number of ether oxygens (including phenoxy) is 2. The first kappa shape index (κ1) is 14.7. The summed E-state index contributed by atoms with van der Waals surface area (Å²) in [7, 11) is 1.62. The number of aromatic nitrogens is 1. The van der Waals surface area contributed by atoms with Crippen LogP contribution in [-0.4, -0.2) is 44.3 Å². The summed E-state index contributed by atoms with van der Waals surface area (Å²) in [6.45, 7) is 2.24. The number of carbonyl (C=O) groups is 1. The number of rotatable bonds is 9. The number of hydrogen-bond acceptors (Lipinski definition) is 5. The van der Waals surface area contributed by atoms with E-state index in [0.29, 0.717) is 31.3 Å². The van der Waals surface area contributed by atoms with E-state index in [1.54, 1.807) is 25.4 Å². The average Bonchev–Trinajstić information content (AvgIpc) is 3.25. The lowest BCUT2D eigenvalue weighted by Crippen LogP contribution is -2.29. The van der Waals surface area contributed by atoms with Gasteiger partial charge in [-0.25, -0.2) is 4.98 Å². The minimum atomic E-state index is -0.0551. The van der Waals surface area contributed by atoms with Crippen molar-refractivity contribution in [3.63, 3.8) is 0 Å². The first-order valence-electron chi connectivity index (χ1n) is 6.86. The van der Waals surface area contributed by atoms with Crippen LogP contribution in [0.5, 0.6) is 5.88 Å². The molecule has 2 N–H and O–H groups in total. The first-order valence-corrected chi connectivity index (χ1v) is 6.86. The molecule has 0 aromatic carbocycles. The van der Waals surface area contributed by atoms with E-state index in [4.69, 9.17) is 9.47 Å². The lowest BCUT2D eigenvalue weighted by molar-refractivity contribution is -0.115. The smallest absolute Gasteiger partial charge is 0.238 e. The number of nitrogens with zero attached hydrogens (tertiary/aromatic N) is 1. The Balaban J connectivity index is 1.67. The van der Waals surface area contributed by atoms with Crippen LogP contribution in [-0.2, 0) is 9.53 Å². The number of pyridine rings is 1. The number of anilines is 1. The third-order valence-corrected chi connectivity index (χ3v) is 2.97. The Kier molecular flexibility index (Phi) is 5.76. The molecular formula is C14H21N3O3. The van der Waals surface area contributed by atoms with Crippen molar-refractivity contribution in [2.45, 2.75) is 12.8 Å². The Labute approximate surface area is 118 Å². The third-order valence-electron chi connectivity index (χ3n) is 2.97. The van der Waals surface area contributed by atoms with Crippen LogP contribution in [0.3, 0.4) is 0 Å². The second-order valence-corrected chi connectivity index (χ2v) is 4.85. The molecular weight excluding hydrogens is 258 g/mol. The second kappa shape index (κ2) is 7.81. The molecule has 1 aromatic rings. The molecule has 1 aliphatic rings. The number of nitrogens with one attached hydrogen (secondary N) is 2. The average molecular weight is 279 g/mol. The van der Waals surface area contributed by atoms with Crippen molar-refractivity contribution in [2.75, 3.05) is 38.7 Å². The van der Waals surface area contributed by atoms with Crippen LogP contribution in [0.25, 0.3) is 0 Å². The lowest BCUT2D eigenvalue weighted by atomic mass is 10.4. The maximum absolute atomic E-state index is 11.7. The van der Waals surface area contributed by atoms with E-state index < -0.39 is 0 Å². The summed E-state index contributed by atoms with van der Waals surface area (Å²) in [6.07, 6.45) is 4.15. The standard InChI is InChI=1S/C14H21N3O3/c1-19-6-7-20-14-5-4-12(9-16-14)17-13(18)10-15-8-11-2-3-11/h4-5,9,11,15H,2-3,6-8,10H2,1H3,(H,17,18). The van der Waals surface area contributed by atoms with Crippen molar-refractivity contribution in [3.8, 4) is 5.88 Å². The Bertz CT molecular complexity index is 418. The van der Waals surface area contributed by atoms with Crippen LogP contribution in [0.4, 0.5) is 5.69 Å². The SMILES string of the molecule is COCCOc1ccc(NC(=O)CNCC2CC2)cn1. The van der Waals surface area contributed by atoms with E-state index in [9.17, 15) is 4.79 Å². The van der Waals surface area contributed by atoms with Gasteiger partial charge in [0.2, 0.25) is 11.8 Å². The highest BCUT2D eigenvalue weighted by atomic mass is 16.5. The normalized spacial score (nSPS) is 14.1. The monoisotopic (exact) mass is 279 g/mol. The summed E-state index contributed by atoms with van der Waals surface area (Å²) >= 11 is 0. The van der Waals surface area contributed by atoms with E-state index in [1.807, 2.05) is 0 Å². The molecule has 0 spiro atoms. The quantitative estimate of drug-likeness (QED) is 0.661. The summed E-state index contributed by atoms with van der Waals surface area (Å²) < 4.78 is 10.2. The Morgan fingerprint density at radius 3 is 2.90 bits per heavy atom. The van der Waals surface area contributed by atoms with E-state index in [-0.39, 0.29) is 5.91 Å². The van der Waals surface area contributed by atoms with E-state index in [2.05, 4.69) is 15.6 Å². The van der Waals surface area contributed by atoms with E-state index in [0.717, 1.165) is 12.5 Å². The van der Waals surface area contributed by atoms with E-state index >= 15 is 0 Å². The minimum Gasteiger partial charge on any atom is -0.475 e. The number of hydrogen-bond donors (Lipinski definition) is 2. The van der Waals surface area contributed by atoms with Gasteiger partial charge in [0, 0.05) is 13.2 Å². The molecule has 1 aromatic heterocycles. The summed E-state index contributed by atoms with van der Waals surface area (Å²) in [5, 5.41) is 5.93. The molecule has 0 unspecified atom stereocenters. The summed E-state index contributed by atoms with van der Waals surface area (Å²) in [6, 6.07) is 3.50. The van der Waals surface area contributed by atoms with Crippen molar-refractivity contribution < 1.29 is 14.3 Å². The predicted molar refractivity (Wildman–Crippen MR) is 75.8 cm³/mol. The molecule has 6 nitrogen and oxygen atoms in total. The highest BCUT2D eigenvalue weighted by molar-refractivity contribution is 5.92. The molecule has 110 valence electrons. The van der Waals surface area contributed by atoms with Crippen molar-refractivity contribution in [1.82, 2.24) is 10.3 Å². The van der Waals surface area contributed by atoms with Crippen LogP contribution in [0.2, 0.25) is 0 Å². The molecule has 0 atom stereocenters. The van der Waals surface area contributed by atoms with Crippen LogP contribution in [0, 0.1) is 5.92 Å². The molecule has 2 rings (SSSR count). The topological polar surface area (TPSA) is 72.5 Å². The molecule has 20 heavy (non-hydrogen) atoms. The van der Waals surface area contributed by atoms with Gasteiger partial charge in [-0.3, -0.25) is 4.79 Å². The highest BCUT2D eigenvalue weighted by Crippen LogP contribution is 2.27. The first-order chi connectivity index (χ1) is 9.78. The third kappa shape index (κ3) is 5.54. The maximum atomic E-state index is 11.7. The molecule has 1 aliphatic carbocycles. The predicted octanol–water partition coefficient (Wildman–Crippen LogP) is 1.04. The van der Waals surface area contributed by atoms with Gasteiger partial charge in [0.05, 0.1) is 25.0 Å². The fourth-order valence-electron chi connectivity index (χ4n) is 1.69. The van der Waals surface area contributed by atoms with Gasteiger partial charge in [-0.15, -0.1) is 0 Å². The van der Waals surface area contributed by atoms with Gasteiger partial charge in [0.1, 0.15) is 6.61 Å². The molecule has 0 radical (unpaired) electrons. The summed E-state index contributed by atoms with van der Waals surface area (Å²) in [5.41, 5.74) is 0.669. The summed E-state index contributed by atoms with van der Waals surface area (Å²) in [4.78, 5) is 15.8. The van der Waals surface area contributed by atoms with Crippen molar-refractivity contribution in [2.24, 2.45) is 5.92 Å². The van der Waals surface area contributed by atoms with Crippen LogP contribution in [0.1, 0.15) is 12.8 Å². The Hall–Kier alpha value is -1.66. The molecule has 0 saturated heterocycles. The fraction of sp³-hybridized carbons (Fsp3) is 0.571.